The molecule has 0 saturated carbocycles. The molecule has 0 spiro atoms. The summed E-state index contributed by atoms with van der Waals surface area (Å²) in [5, 5.41) is 141. The van der Waals surface area contributed by atoms with Crippen molar-refractivity contribution >= 4 is 11.9 Å². The average Bonchev–Trinajstić information content (AvgIpc) is 3.10. The van der Waals surface area contributed by atoms with E-state index in [1.165, 1.54) is 6.92 Å². The number of rotatable bonds is 13. The molecule has 0 aromatic heterocycles. The number of carboxylic acids is 1. The molecule has 4 fully saturated rings. The maximum Gasteiger partial charge on any atom is 0.364 e. The molecule has 23 heteroatoms. The summed E-state index contributed by atoms with van der Waals surface area (Å²) in [6, 6.07) is -2.62. The van der Waals surface area contributed by atoms with Gasteiger partial charge in [0.25, 0.3) is 5.79 Å². The SMILES string of the molecule is CC(=O)N[C@H]1[C@H]([C@H](O)[C@H](O)CO)O[C@@](O[C@H]2[C@@H](O)[C@@H](CO)O[C@@H](O[C@H]3[C@H](O[C@@H]4O[C@@H](C)[C@@H](O)[C@@H](O)[C@@H]4O)[C@@H](CO)NC[C@@H]3O)[C@@H]2O)(C(=O)O)C[C@@H]1O. The fraction of sp³-hybridized carbons (Fsp3) is 0.931. The van der Waals surface area contributed by atoms with E-state index < -0.39 is 160 Å². The van der Waals surface area contributed by atoms with Gasteiger partial charge in [0.1, 0.15) is 73.2 Å². The van der Waals surface area contributed by atoms with Gasteiger partial charge in [0.15, 0.2) is 12.6 Å². The average molecular weight is 763 g/mol. The maximum atomic E-state index is 12.8. The summed E-state index contributed by atoms with van der Waals surface area (Å²) in [7, 11) is 0. The van der Waals surface area contributed by atoms with Crippen molar-refractivity contribution in [3.05, 3.63) is 0 Å². The molecule has 4 heterocycles. The second kappa shape index (κ2) is 17.8. The largest absolute Gasteiger partial charge is 0.477 e. The number of aliphatic hydroxyl groups excluding tert-OH is 12. The van der Waals surface area contributed by atoms with Crippen molar-refractivity contribution in [2.24, 2.45) is 0 Å². The molecule has 4 aliphatic heterocycles. The van der Waals surface area contributed by atoms with Crippen molar-refractivity contribution in [1.82, 2.24) is 10.6 Å². The molecule has 4 rings (SSSR count). The summed E-state index contributed by atoms with van der Waals surface area (Å²) >= 11 is 0. The van der Waals surface area contributed by atoms with Crippen LogP contribution in [0, 0.1) is 0 Å². The van der Waals surface area contributed by atoms with Crippen molar-refractivity contribution in [1.29, 1.82) is 0 Å². The van der Waals surface area contributed by atoms with E-state index >= 15 is 0 Å². The van der Waals surface area contributed by atoms with E-state index in [2.05, 4.69) is 10.6 Å². The van der Waals surface area contributed by atoms with Gasteiger partial charge in [0.2, 0.25) is 5.91 Å². The van der Waals surface area contributed by atoms with E-state index in [-0.39, 0.29) is 6.54 Å². The van der Waals surface area contributed by atoms with E-state index in [0.717, 1.165) is 6.92 Å². The molecule has 0 bridgehead atoms. The molecule has 0 aromatic carbocycles. The lowest BCUT2D eigenvalue weighted by Crippen LogP contribution is -2.71. The Morgan fingerprint density at radius 3 is 2.06 bits per heavy atom. The lowest BCUT2D eigenvalue weighted by Gasteiger charge is -2.51. The number of aliphatic hydroxyl groups is 12. The van der Waals surface area contributed by atoms with Crippen molar-refractivity contribution in [3.8, 4) is 0 Å². The number of hydrogen-bond acceptors (Lipinski definition) is 21. The molecule has 23 nitrogen and oxygen atoms in total. The molecular weight excluding hydrogens is 712 g/mol. The molecule has 1 amide bonds. The first-order valence-corrected chi connectivity index (χ1v) is 16.6. The molecule has 0 aliphatic carbocycles. The van der Waals surface area contributed by atoms with Gasteiger partial charge in [0.05, 0.1) is 50.2 Å². The first-order chi connectivity index (χ1) is 24.4. The quantitative estimate of drug-likeness (QED) is 0.0828. The summed E-state index contributed by atoms with van der Waals surface area (Å²) in [4.78, 5) is 24.6. The van der Waals surface area contributed by atoms with Gasteiger partial charge in [-0.15, -0.1) is 0 Å². The zero-order valence-electron chi connectivity index (χ0n) is 28.1. The van der Waals surface area contributed by atoms with Crippen LogP contribution in [0.3, 0.4) is 0 Å². The zero-order chi connectivity index (χ0) is 38.8. The van der Waals surface area contributed by atoms with Gasteiger partial charge < -0.3 is 105 Å². The van der Waals surface area contributed by atoms with Crippen LogP contribution in [0.1, 0.15) is 20.3 Å². The standard InChI is InChI=1S/C29H50N2O21/c1-8-16(39)19(42)20(43)26(47-8)49-22-10(5-32)30-4-12(37)23(22)50-27-21(44)25(18(41)14(7-34)48-27)52-29(28(45)46)3-11(36)15(31-9(2)35)24(51-29)17(40)13(38)6-33/h8,10-27,30,32-34,36-44H,3-7H2,1-2H3,(H,31,35)(H,45,46)/t8-,10+,11-,12-,13+,14+,15+,16+,17+,18-,19+,20-,21+,22+,23+,24+,25-,26-,27-,29-/m0/s1. The highest BCUT2D eigenvalue weighted by molar-refractivity contribution is 5.76. The van der Waals surface area contributed by atoms with Crippen LogP contribution in [-0.4, -0.2) is 227 Å². The van der Waals surface area contributed by atoms with E-state index in [9.17, 15) is 76.0 Å². The minimum Gasteiger partial charge on any atom is -0.477 e. The fourth-order valence-electron chi connectivity index (χ4n) is 6.67. The first-order valence-electron chi connectivity index (χ1n) is 16.6. The third kappa shape index (κ3) is 8.83. The number of ether oxygens (including phenoxy) is 6. The Kier molecular flexibility index (Phi) is 14.7. The molecule has 52 heavy (non-hydrogen) atoms. The number of carboxylic acid groups (broad SMARTS) is 1. The summed E-state index contributed by atoms with van der Waals surface area (Å²) in [6.07, 6.45) is -31.4. The van der Waals surface area contributed by atoms with Gasteiger partial charge in [-0.1, -0.05) is 0 Å². The van der Waals surface area contributed by atoms with Crippen molar-refractivity contribution in [3.63, 3.8) is 0 Å². The predicted octanol–water partition coefficient (Wildman–Crippen LogP) is -9.12. The predicted molar refractivity (Wildman–Crippen MR) is 162 cm³/mol. The molecule has 20 atom stereocenters. The number of piperidine rings is 1. The Morgan fingerprint density at radius 1 is 0.846 bits per heavy atom. The topological polar surface area (TPSA) is 377 Å². The maximum absolute atomic E-state index is 12.8. The number of β-amino-alcohol motifs (C(OH)–C–C–N with tert-alkyl or cyclic N) is 1. The summed E-state index contributed by atoms with van der Waals surface area (Å²) in [5.41, 5.74) is 0. The fourth-order valence-corrected chi connectivity index (χ4v) is 6.67. The second-order valence-electron chi connectivity index (χ2n) is 13.3. The zero-order valence-corrected chi connectivity index (χ0v) is 28.1. The van der Waals surface area contributed by atoms with Gasteiger partial charge in [-0.05, 0) is 6.92 Å². The molecular formula is C29H50N2O21. The van der Waals surface area contributed by atoms with Gasteiger partial charge >= 0.3 is 5.97 Å². The second-order valence-corrected chi connectivity index (χ2v) is 13.3. The molecule has 0 aromatic rings. The lowest BCUT2D eigenvalue weighted by molar-refractivity contribution is -0.381. The van der Waals surface area contributed by atoms with Crippen LogP contribution >= 0.6 is 0 Å². The smallest absolute Gasteiger partial charge is 0.364 e. The molecule has 4 aliphatic rings. The van der Waals surface area contributed by atoms with Crippen LogP contribution < -0.4 is 10.6 Å². The van der Waals surface area contributed by atoms with Gasteiger partial charge in [-0.3, -0.25) is 4.79 Å². The van der Waals surface area contributed by atoms with Crippen LogP contribution in [0.25, 0.3) is 0 Å². The van der Waals surface area contributed by atoms with Gasteiger partial charge in [0, 0.05) is 19.9 Å². The highest BCUT2D eigenvalue weighted by Gasteiger charge is 2.60. The highest BCUT2D eigenvalue weighted by Crippen LogP contribution is 2.38. The number of carbonyl (C=O) groups excluding carboxylic acids is 1. The Hall–Kier alpha value is -1.82. The summed E-state index contributed by atoms with van der Waals surface area (Å²) in [5.74, 6) is -5.79. The monoisotopic (exact) mass is 762 g/mol. The van der Waals surface area contributed by atoms with Crippen molar-refractivity contribution in [2.75, 3.05) is 26.4 Å². The van der Waals surface area contributed by atoms with Crippen molar-refractivity contribution < 1.29 is 104 Å². The van der Waals surface area contributed by atoms with E-state index in [1.807, 2.05) is 0 Å². The minimum atomic E-state index is -3.05. The first kappa shape index (κ1) is 42.9. The molecule has 302 valence electrons. The molecule has 4 saturated heterocycles. The number of carbonyl (C=O) groups is 2. The molecule has 0 radical (unpaired) electrons. The van der Waals surface area contributed by atoms with E-state index in [0.29, 0.717) is 0 Å². The van der Waals surface area contributed by atoms with Crippen molar-refractivity contribution in [2.45, 2.75) is 142 Å². The van der Waals surface area contributed by atoms with E-state index in [4.69, 9.17) is 28.4 Å². The molecule has 0 unspecified atom stereocenters. The molecule has 15 N–H and O–H groups in total. The Bertz CT molecular complexity index is 1190. The van der Waals surface area contributed by atoms with E-state index in [1.54, 1.807) is 0 Å². The van der Waals surface area contributed by atoms with Gasteiger partial charge in [-0.2, -0.15) is 0 Å². The summed E-state index contributed by atoms with van der Waals surface area (Å²) in [6.45, 7) is -0.531. The highest BCUT2D eigenvalue weighted by atomic mass is 16.8. The number of amides is 1. The minimum absolute atomic E-state index is 0.247. The van der Waals surface area contributed by atoms with Crippen LogP contribution in [0.4, 0.5) is 0 Å². The Morgan fingerprint density at radius 2 is 1.48 bits per heavy atom. The summed E-state index contributed by atoms with van der Waals surface area (Å²) < 4.78 is 34.0. The Labute approximate surface area is 295 Å². The van der Waals surface area contributed by atoms with Crippen LogP contribution in [0.5, 0.6) is 0 Å². The van der Waals surface area contributed by atoms with Crippen LogP contribution in [0.15, 0.2) is 0 Å². The lowest BCUT2D eigenvalue weighted by atomic mass is 9.88. The number of hydrogen-bond donors (Lipinski definition) is 15. The normalized spacial score (nSPS) is 47.0. The number of aliphatic carboxylic acids is 1. The van der Waals surface area contributed by atoms with Crippen LogP contribution in [0.2, 0.25) is 0 Å². The number of nitrogens with one attached hydrogen (secondary N) is 2. The third-order valence-electron chi connectivity index (χ3n) is 9.61. The van der Waals surface area contributed by atoms with Crippen LogP contribution in [-0.2, 0) is 38.0 Å². The van der Waals surface area contributed by atoms with Gasteiger partial charge in [-0.25, -0.2) is 4.79 Å². The third-order valence-corrected chi connectivity index (χ3v) is 9.61. The Balaban J connectivity index is 1.64.